The number of hydrogen-bond acceptors (Lipinski definition) is 8. The molecule has 0 amide bonds. The fourth-order valence-corrected chi connectivity index (χ4v) is 7.92. The SMILES string of the molecule is C=CC(=O)C(O[Si](CC)(CC)CC)c1c(OCc2ccccc2)c(OC)c2c(OC)c(OC)cc(OC)c2c1OC. The Labute approximate surface area is 244 Å². The number of carbonyl (C=O) groups excluding carboxylic acids is 1. The van der Waals surface area contributed by atoms with E-state index in [2.05, 4.69) is 27.4 Å². The van der Waals surface area contributed by atoms with Gasteiger partial charge in [-0.05, 0) is 29.8 Å². The molecule has 0 spiro atoms. The lowest BCUT2D eigenvalue weighted by Gasteiger charge is -2.34. The molecule has 3 aromatic rings. The lowest BCUT2D eigenvalue weighted by atomic mass is 9.95. The topological polar surface area (TPSA) is 81.7 Å². The van der Waals surface area contributed by atoms with Crippen molar-refractivity contribution < 1.29 is 37.6 Å². The molecule has 8 nitrogen and oxygen atoms in total. The van der Waals surface area contributed by atoms with Crippen molar-refractivity contribution in [3.05, 3.63) is 60.2 Å². The minimum absolute atomic E-state index is 0.204. The molecule has 1 atom stereocenters. The first kappa shape index (κ1) is 31.8. The van der Waals surface area contributed by atoms with Gasteiger partial charge in [-0.2, -0.15) is 0 Å². The molecule has 0 heterocycles. The Morgan fingerprint density at radius 2 is 1.37 bits per heavy atom. The summed E-state index contributed by atoms with van der Waals surface area (Å²) in [5, 5.41) is 1.05. The molecule has 0 bridgehead atoms. The molecule has 41 heavy (non-hydrogen) atoms. The lowest BCUT2D eigenvalue weighted by molar-refractivity contribution is -0.121. The molecule has 0 fully saturated rings. The van der Waals surface area contributed by atoms with Gasteiger partial charge in [-0.3, -0.25) is 4.79 Å². The van der Waals surface area contributed by atoms with Crippen molar-refractivity contribution in [2.24, 2.45) is 0 Å². The van der Waals surface area contributed by atoms with Crippen LogP contribution in [0.5, 0.6) is 34.5 Å². The fourth-order valence-electron chi connectivity index (χ4n) is 5.18. The van der Waals surface area contributed by atoms with E-state index in [0.717, 1.165) is 23.7 Å². The zero-order valence-electron chi connectivity index (χ0n) is 25.4. The number of hydrogen-bond donors (Lipinski definition) is 0. The van der Waals surface area contributed by atoms with Gasteiger partial charge in [-0.1, -0.05) is 57.7 Å². The molecule has 0 aliphatic heterocycles. The van der Waals surface area contributed by atoms with E-state index in [9.17, 15) is 4.79 Å². The normalized spacial score (nSPS) is 12.0. The monoisotopic (exact) mass is 582 g/mol. The maximum Gasteiger partial charge on any atom is 0.193 e. The Morgan fingerprint density at radius 1 is 0.780 bits per heavy atom. The third-order valence-corrected chi connectivity index (χ3v) is 12.3. The summed E-state index contributed by atoms with van der Waals surface area (Å²) in [5.41, 5.74) is 1.34. The predicted octanol–water partition coefficient (Wildman–Crippen LogP) is 7.28. The third kappa shape index (κ3) is 6.16. The van der Waals surface area contributed by atoms with Gasteiger partial charge < -0.3 is 32.8 Å². The fraction of sp³-hybridized carbons (Fsp3) is 0.406. The number of methoxy groups -OCH3 is 5. The third-order valence-electron chi connectivity index (χ3n) is 7.66. The van der Waals surface area contributed by atoms with Crippen molar-refractivity contribution in [1.82, 2.24) is 0 Å². The molecule has 3 rings (SSSR count). The molecule has 0 aromatic heterocycles. The van der Waals surface area contributed by atoms with Crippen molar-refractivity contribution in [2.75, 3.05) is 35.5 Å². The first-order chi connectivity index (χ1) is 19.8. The van der Waals surface area contributed by atoms with Crippen LogP contribution in [0.2, 0.25) is 18.1 Å². The van der Waals surface area contributed by atoms with Crippen LogP contribution in [0, 0.1) is 0 Å². The number of fused-ring (bicyclic) bond motifs is 1. The highest BCUT2D eigenvalue weighted by atomic mass is 28.4. The van der Waals surface area contributed by atoms with E-state index in [4.69, 9.17) is 32.8 Å². The van der Waals surface area contributed by atoms with Gasteiger partial charge in [-0.25, -0.2) is 0 Å². The number of benzene rings is 3. The van der Waals surface area contributed by atoms with Crippen molar-refractivity contribution in [3.63, 3.8) is 0 Å². The van der Waals surface area contributed by atoms with Gasteiger partial charge in [0.25, 0.3) is 0 Å². The van der Waals surface area contributed by atoms with E-state index in [-0.39, 0.29) is 12.4 Å². The number of ether oxygens (including phenoxy) is 6. The van der Waals surface area contributed by atoms with E-state index in [1.54, 1.807) is 41.6 Å². The van der Waals surface area contributed by atoms with Gasteiger partial charge in [0, 0.05) is 6.07 Å². The van der Waals surface area contributed by atoms with Crippen LogP contribution in [0.15, 0.2) is 49.1 Å². The van der Waals surface area contributed by atoms with Crippen LogP contribution < -0.4 is 28.4 Å². The molecular weight excluding hydrogens is 540 g/mol. The molecular formula is C32H42O8Si. The van der Waals surface area contributed by atoms with Gasteiger partial charge in [0.15, 0.2) is 37.1 Å². The summed E-state index contributed by atoms with van der Waals surface area (Å²) in [6, 6.07) is 14.0. The van der Waals surface area contributed by atoms with E-state index < -0.39 is 14.4 Å². The van der Waals surface area contributed by atoms with Crippen LogP contribution in [0.4, 0.5) is 0 Å². The quantitative estimate of drug-likeness (QED) is 0.129. The zero-order valence-corrected chi connectivity index (χ0v) is 26.4. The van der Waals surface area contributed by atoms with Crippen LogP contribution in [0.1, 0.15) is 38.0 Å². The Kier molecular flexibility index (Phi) is 11.1. The van der Waals surface area contributed by atoms with Gasteiger partial charge in [0.2, 0.25) is 0 Å². The Bertz CT molecular complexity index is 1340. The summed E-state index contributed by atoms with van der Waals surface area (Å²) >= 11 is 0. The second kappa shape index (κ2) is 14.3. The lowest BCUT2D eigenvalue weighted by Crippen LogP contribution is -2.39. The van der Waals surface area contributed by atoms with Gasteiger partial charge >= 0.3 is 0 Å². The first-order valence-electron chi connectivity index (χ1n) is 13.7. The molecule has 0 aliphatic carbocycles. The van der Waals surface area contributed by atoms with Gasteiger partial charge in [0.1, 0.15) is 24.2 Å². The summed E-state index contributed by atoms with van der Waals surface area (Å²) in [6.45, 7) is 10.3. The van der Waals surface area contributed by atoms with Crippen molar-refractivity contribution in [3.8, 4) is 34.5 Å². The van der Waals surface area contributed by atoms with Crippen molar-refractivity contribution in [2.45, 2.75) is 51.6 Å². The molecule has 0 radical (unpaired) electrons. The standard InChI is InChI=1S/C32H42O8Si/c1-10-22(33)28(40-41(11-2,12-3)13-4)27-30(37-8)25-23(34-5)19-24(35-6)29(36-7)26(25)31(38-9)32(27)39-20-21-17-15-14-16-18-21/h10,14-19,28H,1,11-13,20H2,2-9H3. The maximum atomic E-state index is 13.7. The van der Waals surface area contributed by atoms with Crippen LogP contribution in [0.3, 0.4) is 0 Å². The number of rotatable bonds is 16. The van der Waals surface area contributed by atoms with Gasteiger partial charge in [0.05, 0.1) is 51.9 Å². The highest BCUT2D eigenvalue weighted by Crippen LogP contribution is 2.57. The van der Waals surface area contributed by atoms with Crippen LogP contribution in [0.25, 0.3) is 10.8 Å². The Morgan fingerprint density at radius 3 is 1.85 bits per heavy atom. The Hall–Kier alpha value is -3.69. The summed E-state index contributed by atoms with van der Waals surface area (Å²) < 4.78 is 42.9. The smallest absolute Gasteiger partial charge is 0.193 e. The van der Waals surface area contributed by atoms with Crippen molar-refractivity contribution in [1.29, 1.82) is 0 Å². The molecule has 0 saturated heterocycles. The Balaban J connectivity index is 2.55. The average Bonchev–Trinajstić information content (AvgIpc) is 3.03. The summed E-state index contributed by atoms with van der Waals surface area (Å²) in [5.74, 6) is 1.97. The minimum Gasteiger partial charge on any atom is -0.496 e. The van der Waals surface area contributed by atoms with Gasteiger partial charge in [-0.15, -0.1) is 0 Å². The van der Waals surface area contributed by atoms with E-state index in [1.165, 1.54) is 6.08 Å². The molecule has 0 saturated carbocycles. The molecule has 3 aromatic carbocycles. The van der Waals surface area contributed by atoms with E-state index in [1.807, 2.05) is 30.3 Å². The average molecular weight is 583 g/mol. The minimum atomic E-state index is -2.33. The van der Waals surface area contributed by atoms with Crippen LogP contribution in [-0.2, 0) is 15.8 Å². The molecule has 0 N–H and O–H groups in total. The zero-order chi connectivity index (χ0) is 30.2. The summed E-state index contributed by atoms with van der Waals surface area (Å²) in [7, 11) is 5.40. The number of ketones is 1. The number of carbonyl (C=O) groups is 1. The molecule has 9 heteroatoms. The summed E-state index contributed by atoms with van der Waals surface area (Å²) in [6.07, 6.45) is 0.240. The largest absolute Gasteiger partial charge is 0.496 e. The molecule has 0 aliphatic rings. The van der Waals surface area contributed by atoms with Crippen molar-refractivity contribution >= 4 is 24.9 Å². The second-order valence-corrected chi connectivity index (χ2v) is 14.2. The second-order valence-electron chi connectivity index (χ2n) is 9.50. The maximum absolute atomic E-state index is 13.7. The predicted molar refractivity (Wildman–Crippen MR) is 164 cm³/mol. The summed E-state index contributed by atoms with van der Waals surface area (Å²) in [4.78, 5) is 13.7. The van der Waals surface area contributed by atoms with E-state index in [0.29, 0.717) is 50.8 Å². The van der Waals surface area contributed by atoms with Crippen LogP contribution >= 0.6 is 0 Å². The molecule has 222 valence electrons. The highest BCUT2D eigenvalue weighted by molar-refractivity contribution is 6.73. The molecule has 1 unspecified atom stereocenters. The van der Waals surface area contributed by atoms with Crippen LogP contribution in [-0.4, -0.2) is 49.6 Å². The van der Waals surface area contributed by atoms with E-state index >= 15 is 0 Å². The highest BCUT2D eigenvalue weighted by Gasteiger charge is 2.40. The first-order valence-corrected chi connectivity index (χ1v) is 16.3.